The summed E-state index contributed by atoms with van der Waals surface area (Å²) in [5.74, 6) is 0.867. The summed E-state index contributed by atoms with van der Waals surface area (Å²) in [4.78, 5) is 3.29. The minimum atomic E-state index is -0.133. The van der Waals surface area contributed by atoms with Gasteiger partial charge in [0.1, 0.15) is 11.6 Å². The summed E-state index contributed by atoms with van der Waals surface area (Å²) >= 11 is 1.88. The van der Waals surface area contributed by atoms with E-state index in [9.17, 15) is 9.50 Å². The number of hydrogen-bond donors (Lipinski definition) is 1. The first-order valence-electron chi connectivity index (χ1n) is 11.7. The van der Waals surface area contributed by atoms with Crippen molar-refractivity contribution in [2.45, 2.75) is 87.1 Å². The second-order valence-electron chi connectivity index (χ2n) is 8.85. The Morgan fingerprint density at radius 1 is 1.13 bits per heavy atom. The average molecular weight is 444 g/mol. The highest BCUT2D eigenvalue weighted by Gasteiger charge is 2.40. The van der Waals surface area contributed by atoms with Crippen molar-refractivity contribution in [3.8, 4) is 5.75 Å². The molecule has 1 saturated heterocycles. The van der Waals surface area contributed by atoms with Crippen LogP contribution in [0.15, 0.2) is 47.4 Å². The van der Waals surface area contributed by atoms with Crippen LogP contribution in [0.1, 0.15) is 76.0 Å². The van der Waals surface area contributed by atoms with Crippen molar-refractivity contribution < 1.29 is 14.2 Å². The standard InChI is InChI=1S/C26H34FNO2S/c1-3-15-26(16-4-2)30-24-14-10-20(17-25(24)31-26)23-13-12-21(28(23)18-29)11-9-19-7-5-6-8-22(19)27/h5-8,10,14,17,21,23,29H,3-4,9,11-13,15-16,18H2,1-2H3. The van der Waals surface area contributed by atoms with Gasteiger partial charge in [0.15, 0.2) is 4.93 Å². The fourth-order valence-electron chi connectivity index (χ4n) is 5.25. The third-order valence-corrected chi connectivity index (χ3v) is 8.12. The predicted octanol–water partition coefficient (Wildman–Crippen LogP) is 6.69. The maximum Gasteiger partial charge on any atom is 0.159 e. The molecule has 2 aliphatic rings. The highest BCUT2D eigenvalue weighted by molar-refractivity contribution is 8.00. The molecule has 2 aliphatic heterocycles. The second-order valence-corrected chi connectivity index (χ2v) is 10.2. The quantitative estimate of drug-likeness (QED) is 0.468. The predicted molar refractivity (Wildman–Crippen MR) is 125 cm³/mol. The molecule has 0 spiro atoms. The van der Waals surface area contributed by atoms with E-state index in [0.29, 0.717) is 6.42 Å². The Hall–Kier alpha value is -1.56. The zero-order chi connectivity index (χ0) is 21.8. The molecule has 2 aromatic rings. The van der Waals surface area contributed by atoms with Crippen molar-refractivity contribution in [3.05, 3.63) is 59.4 Å². The van der Waals surface area contributed by atoms with Crippen molar-refractivity contribution in [3.63, 3.8) is 0 Å². The van der Waals surface area contributed by atoms with Gasteiger partial charge in [0, 0.05) is 12.1 Å². The van der Waals surface area contributed by atoms with Crippen LogP contribution in [0.4, 0.5) is 4.39 Å². The molecule has 0 amide bonds. The maximum absolute atomic E-state index is 14.0. The molecule has 2 unspecified atom stereocenters. The topological polar surface area (TPSA) is 32.7 Å². The number of aryl methyl sites for hydroxylation is 1. The minimum absolute atomic E-state index is 0.0307. The Bertz CT molecular complexity index is 883. The zero-order valence-electron chi connectivity index (χ0n) is 18.6. The number of aliphatic hydroxyl groups is 1. The molecular weight excluding hydrogens is 409 g/mol. The van der Waals surface area contributed by atoms with Gasteiger partial charge in [-0.1, -0.05) is 62.7 Å². The lowest BCUT2D eigenvalue weighted by Gasteiger charge is -2.28. The molecule has 0 bridgehead atoms. The van der Waals surface area contributed by atoms with Gasteiger partial charge in [0.05, 0.1) is 11.6 Å². The molecule has 1 fully saturated rings. The number of nitrogens with zero attached hydrogens (tertiary/aromatic N) is 1. The Kier molecular flexibility index (Phi) is 7.25. The monoisotopic (exact) mass is 443 g/mol. The molecule has 2 aromatic carbocycles. The molecular formula is C26H34FNO2S. The summed E-state index contributed by atoms with van der Waals surface area (Å²) in [6.07, 6.45) is 7.93. The van der Waals surface area contributed by atoms with Gasteiger partial charge in [-0.15, -0.1) is 0 Å². The van der Waals surface area contributed by atoms with E-state index >= 15 is 0 Å². The number of likely N-dealkylation sites (tertiary alicyclic amines) is 1. The summed E-state index contributed by atoms with van der Waals surface area (Å²) in [6, 6.07) is 14.0. The molecule has 1 N–H and O–H groups in total. The lowest BCUT2D eigenvalue weighted by molar-refractivity contribution is 0.0595. The summed E-state index contributed by atoms with van der Waals surface area (Å²) in [7, 11) is 0. The van der Waals surface area contributed by atoms with E-state index < -0.39 is 0 Å². The summed E-state index contributed by atoms with van der Waals surface area (Å²) in [5, 5.41) is 10.2. The van der Waals surface area contributed by atoms with Gasteiger partial charge in [-0.3, -0.25) is 4.90 Å². The summed E-state index contributed by atoms with van der Waals surface area (Å²) in [6.45, 7) is 4.46. The minimum Gasteiger partial charge on any atom is -0.475 e. The van der Waals surface area contributed by atoms with E-state index in [-0.39, 0.29) is 29.6 Å². The molecule has 0 radical (unpaired) electrons. The number of aliphatic hydroxyl groups excluding tert-OH is 1. The third kappa shape index (κ3) is 4.79. The van der Waals surface area contributed by atoms with Gasteiger partial charge in [-0.25, -0.2) is 4.39 Å². The fourth-order valence-corrected chi connectivity index (χ4v) is 6.80. The van der Waals surface area contributed by atoms with Crippen LogP contribution < -0.4 is 4.74 Å². The van der Waals surface area contributed by atoms with Crippen LogP contribution in [0.2, 0.25) is 0 Å². The number of hydrogen-bond acceptors (Lipinski definition) is 4. The highest BCUT2D eigenvalue weighted by atomic mass is 32.2. The van der Waals surface area contributed by atoms with Crippen LogP contribution in [0.25, 0.3) is 0 Å². The molecule has 2 atom stereocenters. The largest absolute Gasteiger partial charge is 0.475 e. The van der Waals surface area contributed by atoms with E-state index in [1.54, 1.807) is 6.07 Å². The van der Waals surface area contributed by atoms with Crippen LogP contribution in [0.3, 0.4) is 0 Å². The van der Waals surface area contributed by atoms with Crippen molar-refractivity contribution in [2.24, 2.45) is 0 Å². The zero-order valence-corrected chi connectivity index (χ0v) is 19.5. The van der Waals surface area contributed by atoms with Crippen molar-refractivity contribution >= 4 is 11.8 Å². The van der Waals surface area contributed by atoms with Gasteiger partial charge in [0.25, 0.3) is 0 Å². The number of thioether (sulfide) groups is 1. The molecule has 4 rings (SSSR count). The molecule has 0 aliphatic carbocycles. The summed E-state index contributed by atoms with van der Waals surface area (Å²) < 4.78 is 20.4. The van der Waals surface area contributed by atoms with E-state index in [1.165, 1.54) is 16.5 Å². The molecule has 168 valence electrons. The van der Waals surface area contributed by atoms with Gasteiger partial charge >= 0.3 is 0 Å². The Morgan fingerprint density at radius 3 is 2.61 bits per heavy atom. The molecule has 5 heteroatoms. The van der Waals surface area contributed by atoms with E-state index in [0.717, 1.165) is 56.3 Å². The highest BCUT2D eigenvalue weighted by Crippen LogP contribution is 2.53. The van der Waals surface area contributed by atoms with Crippen LogP contribution in [-0.2, 0) is 6.42 Å². The number of benzene rings is 2. The lowest BCUT2D eigenvalue weighted by Crippen LogP contribution is -2.33. The van der Waals surface area contributed by atoms with Gasteiger partial charge in [-0.05, 0) is 67.9 Å². The van der Waals surface area contributed by atoms with Crippen LogP contribution in [0.5, 0.6) is 5.75 Å². The lowest BCUT2D eigenvalue weighted by atomic mass is 10.0. The smallest absolute Gasteiger partial charge is 0.159 e. The molecule has 0 saturated carbocycles. The van der Waals surface area contributed by atoms with Crippen LogP contribution in [-0.4, -0.2) is 27.7 Å². The first-order chi connectivity index (χ1) is 15.1. The number of fused-ring (bicyclic) bond motifs is 1. The van der Waals surface area contributed by atoms with E-state index in [2.05, 4.69) is 36.9 Å². The third-order valence-electron chi connectivity index (χ3n) is 6.72. The molecule has 0 aromatic heterocycles. The first-order valence-corrected chi connectivity index (χ1v) is 12.5. The first kappa shape index (κ1) is 22.6. The van der Waals surface area contributed by atoms with Crippen LogP contribution in [0, 0.1) is 5.82 Å². The maximum atomic E-state index is 14.0. The van der Waals surface area contributed by atoms with Gasteiger partial charge in [0.2, 0.25) is 0 Å². The van der Waals surface area contributed by atoms with E-state index in [4.69, 9.17) is 4.74 Å². The van der Waals surface area contributed by atoms with Gasteiger partial charge in [-0.2, -0.15) is 0 Å². The van der Waals surface area contributed by atoms with Crippen LogP contribution >= 0.6 is 11.8 Å². The Balaban J connectivity index is 1.46. The number of rotatable bonds is 9. The fraction of sp³-hybridized carbons (Fsp3) is 0.538. The average Bonchev–Trinajstić information content (AvgIpc) is 3.33. The van der Waals surface area contributed by atoms with Crippen molar-refractivity contribution in [1.82, 2.24) is 4.90 Å². The summed E-state index contributed by atoms with van der Waals surface area (Å²) in [5.41, 5.74) is 2.01. The Morgan fingerprint density at radius 2 is 1.90 bits per heavy atom. The van der Waals surface area contributed by atoms with Crippen molar-refractivity contribution in [1.29, 1.82) is 0 Å². The van der Waals surface area contributed by atoms with Gasteiger partial charge < -0.3 is 9.84 Å². The normalized spacial score (nSPS) is 22.5. The molecule has 31 heavy (non-hydrogen) atoms. The Labute approximate surface area is 190 Å². The molecule has 2 heterocycles. The number of halogens is 1. The molecule has 3 nitrogen and oxygen atoms in total. The number of ether oxygens (including phenoxy) is 1. The van der Waals surface area contributed by atoms with Crippen molar-refractivity contribution in [2.75, 3.05) is 6.73 Å². The SMILES string of the molecule is CCCC1(CCC)Oc2ccc(C3CCC(CCc4ccccc4F)N3CO)cc2S1. The second kappa shape index (κ2) is 9.93. The van der Waals surface area contributed by atoms with E-state index in [1.807, 2.05) is 23.9 Å².